The van der Waals surface area contributed by atoms with Crippen LogP contribution in [-0.4, -0.2) is 30.2 Å². The number of anilines is 2. The molecule has 0 atom stereocenters. The second-order valence-electron chi connectivity index (χ2n) is 4.39. The first-order valence-corrected chi connectivity index (χ1v) is 6.62. The van der Waals surface area contributed by atoms with Crippen LogP contribution in [-0.2, 0) is 11.3 Å². The van der Waals surface area contributed by atoms with Crippen LogP contribution in [0.15, 0.2) is 28.9 Å². The van der Waals surface area contributed by atoms with Crippen LogP contribution in [0.5, 0.6) is 0 Å². The Kier molecular flexibility index (Phi) is 5.37. The molecule has 2 aromatic heterocycles. The molecular weight excluding hydrogens is 256 g/mol. The molecule has 0 aliphatic heterocycles. The van der Waals surface area contributed by atoms with Crippen molar-refractivity contribution in [1.29, 1.82) is 0 Å². The topological polar surface area (TPSA) is 72.2 Å². The summed E-state index contributed by atoms with van der Waals surface area (Å²) in [6.07, 6.45) is 2.60. The molecule has 0 radical (unpaired) electrons. The van der Waals surface area contributed by atoms with Crippen molar-refractivity contribution in [2.45, 2.75) is 19.9 Å². The summed E-state index contributed by atoms with van der Waals surface area (Å²) >= 11 is 0. The summed E-state index contributed by atoms with van der Waals surface area (Å²) in [6, 6.07) is 5.68. The zero-order valence-corrected chi connectivity index (χ0v) is 11.8. The summed E-state index contributed by atoms with van der Waals surface area (Å²) in [5, 5.41) is 6.48. The molecule has 0 amide bonds. The van der Waals surface area contributed by atoms with Gasteiger partial charge in [-0.1, -0.05) is 0 Å². The van der Waals surface area contributed by atoms with Crippen molar-refractivity contribution in [3.8, 4) is 0 Å². The van der Waals surface area contributed by atoms with Gasteiger partial charge in [0.05, 0.1) is 12.8 Å². The van der Waals surface area contributed by atoms with Gasteiger partial charge in [-0.25, -0.2) is 9.97 Å². The highest BCUT2D eigenvalue weighted by Crippen LogP contribution is 2.12. The van der Waals surface area contributed by atoms with Crippen molar-refractivity contribution in [3.63, 3.8) is 0 Å². The number of nitrogens with one attached hydrogen (secondary N) is 2. The van der Waals surface area contributed by atoms with E-state index in [0.717, 1.165) is 42.8 Å². The quantitative estimate of drug-likeness (QED) is 0.721. The van der Waals surface area contributed by atoms with Crippen LogP contribution >= 0.6 is 0 Å². The van der Waals surface area contributed by atoms with E-state index in [9.17, 15) is 0 Å². The Morgan fingerprint density at radius 3 is 2.75 bits per heavy atom. The predicted molar refractivity (Wildman–Crippen MR) is 77.8 cm³/mol. The lowest BCUT2D eigenvalue weighted by atomic mass is 10.4. The monoisotopic (exact) mass is 276 g/mol. The zero-order valence-electron chi connectivity index (χ0n) is 11.8. The van der Waals surface area contributed by atoms with Crippen LogP contribution in [0.2, 0.25) is 0 Å². The zero-order chi connectivity index (χ0) is 14.2. The van der Waals surface area contributed by atoms with Crippen LogP contribution < -0.4 is 10.6 Å². The maximum absolute atomic E-state index is 5.27. The molecule has 0 saturated carbocycles. The Morgan fingerprint density at radius 1 is 1.25 bits per heavy atom. The Labute approximate surface area is 118 Å². The van der Waals surface area contributed by atoms with E-state index in [1.807, 2.05) is 25.1 Å². The van der Waals surface area contributed by atoms with E-state index < -0.39 is 0 Å². The third kappa shape index (κ3) is 4.55. The molecule has 0 saturated heterocycles. The molecule has 108 valence electrons. The van der Waals surface area contributed by atoms with Crippen molar-refractivity contribution in [2.75, 3.05) is 30.9 Å². The standard InChI is InChI=1S/C14H20N4O2/c1-11-17-13(15-6-4-7-19-2)9-14(18-11)16-10-12-5-3-8-20-12/h3,5,8-9H,4,6-7,10H2,1-2H3,(H2,15,16,17,18). The SMILES string of the molecule is COCCCNc1cc(NCc2ccco2)nc(C)n1. The summed E-state index contributed by atoms with van der Waals surface area (Å²) in [4.78, 5) is 8.70. The van der Waals surface area contributed by atoms with Gasteiger partial charge in [0.2, 0.25) is 0 Å². The number of ether oxygens (including phenoxy) is 1. The normalized spacial score (nSPS) is 10.5. The Bertz CT molecular complexity index is 514. The van der Waals surface area contributed by atoms with Gasteiger partial charge in [-0.3, -0.25) is 0 Å². The molecule has 0 unspecified atom stereocenters. The van der Waals surface area contributed by atoms with Crippen LogP contribution in [0.4, 0.5) is 11.6 Å². The second kappa shape index (κ2) is 7.49. The van der Waals surface area contributed by atoms with Crippen molar-refractivity contribution < 1.29 is 9.15 Å². The van der Waals surface area contributed by atoms with Crippen molar-refractivity contribution in [1.82, 2.24) is 9.97 Å². The summed E-state index contributed by atoms with van der Waals surface area (Å²) < 4.78 is 10.3. The molecule has 0 aliphatic rings. The minimum Gasteiger partial charge on any atom is -0.467 e. The largest absolute Gasteiger partial charge is 0.467 e. The molecule has 2 N–H and O–H groups in total. The summed E-state index contributed by atoms with van der Waals surface area (Å²) in [6.45, 7) is 4.04. The number of hydrogen-bond acceptors (Lipinski definition) is 6. The first-order valence-electron chi connectivity index (χ1n) is 6.62. The minimum absolute atomic E-state index is 0.604. The first kappa shape index (κ1) is 14.3. The smallest absolute Gasteiger partial charge is 0.132 e. The first-order chi connectivity index (χ1) is 9.78. The van der Waals surface area contributed by atoms with E-state index in [4.69, 9.17) is 9.15 Å². The maximum Gasteiger partial charge on any atom is 0.132 e. The van der Waals surface area contributed by atoms with Crippen LogP contribution in [0.1, 0.15) is 18.0 Å². The predicted octanol–water partition coefficient (Wildman–Crippen LogP) is 2.44. The van der Waals surface area contributed by atoms with Gasteiger partial charge in [0.15, 0.2) is 0 Å². The lowest BCUT2D eigenvalue weighted by Crippen LogP contribution is -2.09. The fraction of sp³-hybridized carbons (Fsp3) is 0.429. The van der Waals surface area contributed by atoms with Gasteiger partial charge < -0.3 is 19.8 Å². The van der Waals surface area contributed by atoms with Crippen LogP contribution in [0.3, 0.4) is 0 Å². The third-order valence-electron chi connectivity index (χ3n) is 2.69. The number of rotatable bonds is 8. The van der Waals surface area contributed by atoms with Gasteiger partial charge in [-0.05, 0) is 25.5 Å². The number of nitrogens with zero attached hydrogens (tertiary/aromatic N) is 2. The highest BCUT2D eigenvalue weighted by Gasteiger charge is 2.02. The molecule has 0 fully saturated rings. The molecule has 0 spiro atoms. The van der Waals surface area contributed by atoms with Gasteiger partial charge in [-0.15, -0.1) is 0 Å². The Balaban J connectivity index is 1.90. The van der Waals surface area contributed by atoms with Gasteiger partial charge in [0.1, 0.15) is 23.2 Å². The van der Waals surface area contributed by atoms with Gasteiger partial charge in [-0.2, -0.15) is 0 Å². The van der Waals surface area contributed by atoms with Crippen molar-refractivity contribution >= 4 is 11.6 Å². The van der Waals surface area contributed by atoms with E-state index >= 15 is 0 Å². The number of aromatic nitrogens is 2. The molecule has 2 heterocycles. The number of hydrogen-bond donors (Lipinski definition) is 2. The number of methoxy groups -OCH3 is 1. The molecule has 0 aromatic carbocycles. The average Bonchev–Trinajstić information content (AvgIpc) is 2.94. The maximum atomic E-state index is 5.27. The van der Waals surface area contributed by atoms with Crippen LogP contribution in [0.25, 0.3) is 0 Å². The fourth-order valence-electron chi connectivity index (χ4n) is 1.77. The Hall–Kier alpha value is -2.08. The molecule has 20 heavy (non-hydrogen) atoms. The molecule has 2 aromatic rings. The lowest BCUT2D eigenvalue weighted by molar-refractivity contribution is 0.198. The van der Waals surface area contributed by atoms with Gasteiger partial charge in [0.25, 0.3) is 0 Å². The van der Waals surface area contributed by atoms with Crippen molar-refractivity contribution in [3.05, 3.63) is 36.0 Å². The lowest BCUT2D eigenvalue weighted by Gasteiger charge is -2.09. The molecule has 6 nitrogen and oxygen atoms in total. The minimum atomic E-state index is 0.604. The van der Waals surface area contributed by atoms with E-state index in [-0.39, 0.29) is 0 Å². The third-order valence-corrected chi connectivity index (χ3v) is 2.69. The molecule has 2 rings (SSSR count). The van der Waals surface area contributed by atoms with E-state index in [0.29, 0.717) is 6.54 Å². The number of furan rings is 1. The molecular formula is C14H20N4O2. The summed E-state index contributed by atoms with van der Waals surface area (Å²) in [7, 11) is 1.70. The van der Waals surface area contributed by atoms with E-state index in [2.05, 4.69) is 20.6 Å². The van der Waals surface area contributed by atoms with Gasteiger partial charge >= 0.3 is 0 Å². The van der Waals surface area contributed by atoms with Crippen LogP contribution in [0, 0.1) is 6.92 Å². The molecule has 0 bridgehead atoms. The average molecular weight is 276 g/mol. The molecule has 0 aliphatic carbocycles. The fourth-order valence-corrected chi connectivity index (χ4v) is 1.77. The highest BCUT2D eigenvalue weighted by molar-refractivity contribution is 5.47. The Morgan fingerprint density at radius 2 is 2.05 bits per heavy atom. The van der Waals surface area contributed by atoms with Crippen molar-refractivity contribution in [2.24, 2.45) is 0 Å². The molecule has 6 heteroatoms. The highest BCUT2D eigenvalue weighted by atomic mass is 16.5. The summed E-state index contributed by atoms with van der Waals surface area (Å²) in [5.74, 6) is 3.19. The summed E-state index contributed by atoms with van der Waals surface area (Å²) in [5.41, 5.74) is 0. The van der Waals surface area contributed by atoms with E-state index in [1.54, 1.807) is 13.4 Å². The second-order valence-corrected chi connectivity index (χ2v) is 4.39. The van der Waals surface area contributed by atoms with Gasteiger partial charge in [0, 0.05) is 26.3 Å². The van der Waals surface area contributed by atoms with E-state index in [1.165, 1.54) is 0 Å². The number of aryl methyl sites for hydroxylation is 1.